The molecule has 186 valence electrons. The number of aromatic nitrogens is 1. The van der Waals surface area contributed by atoms with Crippen LogP contribution in [0.4, 0.5) is 8.78 Å². The number of carbonyl (C=O) groups excluding carboxylic acids is 2. The minimum absolute atomic E-state index is 0.0385. The average molecular weight is 552 g/mol. The predicted molar refractivity (Wildman–Crippen MR) is 134 cm³/mol. The van der Waals surface area contributed by atoms with Gasteiger partial charge in [0, 0.05) is 16.1 Å². The van der Waals surface area contributed by atoms with Gasteiger partial charge in [0.25, 0.3) is 5.56 Å². The van der Waals surface area contributed by atoms with Gasteiger partial charge in [0.2, 0.25) is 5.91 Å². The first-order chi connectivity index (χ1) is 17.1. The lowest BCUT2D eigenvalue weighted by molar-refractivity contribution is -0.138. The zero-order chi connectivity index (χ0) is 26.3. The Bertz CT molecular complexity index is 1610. The standard InChI is InChI=1S/C24H17Cl2F2N3O4S/c1-2-35-24(34)18-17(16-12(26)6-4-8-14(16)28)19(21(30)32)23-31(20(18)29)22(33)15(36-23)9-10-11(25)5-3-7-13(10)27/h3-9,17H,2,29H2,1H3,(H2,30,32)/b15-9-. The molecule has 0 radical (unpaired) electrons. The van der Waals surface area contributed by atoms with E-state index in [2.05, 4.69) is 0 Å². The van der Waals surface area contributed by atoms with E-state index in [0.717, 1.165) is 28.0 Å². The molecule has 4 rings (SSSR count). The third-order valence-corrected chi connectivity index (χ3v) is 7.24. The fourth-order valence-electron chi connectivity index (χ4n) is 3.95. The molecule has 0 spiro atoms. The molecule has 12 heteroatoms. The molecule has 1 aromatic heterocycles. The number of nitrogens with zero attached hydrogens (tertiary/aromatic N) is 1. The molecule has 1 aliphatic rings. The maximum atomic E-state index is 15.1. The van der Waals surface area contributed by atoms with Crippen LogP contribution in [0.5, 0.6) is 0 Å². The van der Waals surface area contributed by atoms with Crippen LogP contribution in [-0.2, 0) is 14.3 Å². The predicted octanol–water partition coefficient (Wildman–Crippen LogP) is 2.45. The molecule has 2 aromatic carbocycles. The number of benzene rings is 2. The minimum Gasteiger partial charge on any atom is -0.463 e. The molecule has 0 aliphatic carbocycles. The fourth-order valence-corrected chi connectivity index (χ4v) is 5.61. The summed E-state index contributed by atoms with van der Waals surface area (Å²) in [6.45, 7) is 1.46. The quantitative estimate of drug-likeness (QED) is 0.472. The van der Waals surface area contributed by atoms with E-state index in [1.807, 2.05) is 0 Å². The van der Waals surface area contributed by atoms with Crippen LogP contribution < -0.4 is 26.2 Å². The Morgan fingerprint density at radius 1 is 1.11 bits per heavy atom. The third kappa shape index (κ3) is 4.21. The normalized spacial score (nSPS) is 15.8. The molecule has 1 unspecified atom stereocenters. The highest BCUT2D eigenvalue weighted by Gasteiger charge is 2.40. The maximum absolute atomic E-state index is 15.1. The summed E-state index contributed by atoms with van der Waals surface area (Å²) < 4.78 is 35.3. The number of nitrogens with two attached hydrogens (primary N) is 2. The molecule has 3 aromatic rings. The first-order valence-corrected chi connectivity index (χ1v) is 12.0. The second-order valence-electron chi connectivity index (χ2n) is 7.56. The second-order valence-corrected chi connectivity index (χ2v) is 9.40. The number of rotatable bonds is 5. The maximum Gasteiger partial charge on any atom is 0.338 e. The Balaban J connectivity index is 2.18. The number of carbonyl (C=O) groups is 2. The second kappa shape index (κ2) is 9.88. The monoisotopic (exact) mass is 551 g/mol. The van der Waals surface area contributed by atoms with E-state index >= 15 is 4.39 Å². The molecule has 1 atom stereocenters. The van der Waals surface area contributed by atoms with Crippen LogP contribution in [0.1, 0.15) is 24.0 Å². The first-order valence-electron chi connectivity index (χ1n) is 10.4. The highest BCUT2D eigenvalue weighted by Crippen LogP contribution is 2.41. The largest absolute Gasteiger partial charge is 0.463 e. The molecule has 0 saturated carbocycles. The molecule has 4 N–H and O–H groups in total. The Morgan fingerprint density at radius 2 is 1.75 bits per heavy atom. The summed E-state index contributed by atoms with van der Waals surface area (Å²) in [5, 5.41) is -0.0674. The van der Waals surface area contributed by atoms with Crippen molar-refractivity contribution < 1.29 is 23.1 Å². The van der Waals surface area contributed by atoms with Gasteiger partial charge in [-0.1, -0.05) is 35.3 Å². The summed E-state index contributed by atoms with van der Waals surface area (Å²) in [5.41, 5.74) is 10.2. The van der Waals surface area contributed by atoms with E-state index in [4.69, 9.17) is 39.4 Å². The van der Waals surface area contributed by atoms with Crippen molar-refractivity contribution in [3.63, 3.8) is 0 Å². The van der Waals surface area contributed by atoms with Crippen molar-refractivity contribution in [3.8, 4) is 0 Å². The van der Waals surface area contributed by atoms with Gasteiger partial charge in [-0.2, -0.15) is 0 Å². The SMILES string of the molecule is CCOC(=O)C1=C(N)n2c(s/c(=C\c3c(F)cccc3Cl)c2=O)=C(C(N)=O)C1c1c(F)cccc1Cl. The van der Waals surface area contributed by atoms with E-state index in [9.17, 15) is 18.8 Å². The molecule has 0 fully saturated rings. The lowest BCUT2D eigenvalue weighted by Gasteiger charge is -2.27. The Morgan fingerprint density at radius 3 is 2.33 bits per heavy atom. The van der Waals surface area contributed by atoms with E-state index in [-0.39, 0.29) is 48.1 Å². The number of fused-ring (bicyclic) bond motifs is 1. The van der Waals surface area contributed by atoms with Crippen molar-refractivity contribution in [2.75, 3.05) is 6.61 Å². The number of ether oxygens (including phenoxy) is 1. The third-order valence-electron chi connectivity index (χ3n) is 5.47. The lowest BCUT2D eigenvalue weighted by atomic mass is 9.82. The average Bonchev–Trinajstić information content (AvgIpc) is 3.12. The van der Waals surface area contributed by atoms with Crippen molar-refractivity contribution in [1.29, 1.82) is 0 Å². The number of halogens is 4. The number of primary amides is 1. The molecular formula is C24H17Cl2F2N3O4S. The van der Waals surface area contributed by atoms with Crippen LogP contribution >= 0.6 is 34.5 Å². The van der Waals surface area contributed by atoms with Crippen LogP contribution in [0.25, 0.3) is 17.5 Å². The smallest absolute Gasteiger partial charge is 0.338 e. The summed E-state index contributed by atoms with van der Waals surface area (Å²) >= 11 is 13.1. The van der Waals surface area contributed by atoms with E-state index < -0.39 is 40.8 Å². The zero-order valence-corrected chi connectivity index (χ0v) is 20.8. The Kier molecular flexibility index (Phi) is 7.03. The molecule has 0 bridgehead atoms. The van der Waals surface area contributed by atoms with E-state index in [1.165, 1.54) is 37.3 Å². The van der Waals surface area contributed by atoms with Gasteiger partial charge < -0.3 is 16.2 Å². The summed E-state index contributed by atoms with van der Waals surface area (Å²) in [6, 6.07) is 7.80. The number of esters is 1. The van der Waals surface area contributed by atoms with Gasteiger partial charge in [0.15, 0.2) is 0 Å². The molecule has 0 saturated heterocycles. The van der Waals surface area contributed by atoms with Crippen molar-refractivity contribution in [1.82, 2.24) is 4.57 Å². The number of thiazole rings is 1. The highest BCUT2D eigenvalue weighted by molar-refractivity contribution is 7.07. The van der Waals surface area contributed by atoms with Gasteiger partial charge in [-0.3, -0.25) is 14.2 Å². The molecule has 1 aliphatic heterocycles. The van der Waals surface area contributed by atoms with Crippen molar-refractivity contribution >= 4 is 63.9 Å². The Hall–Kier alpha value is -3.47. The zero-order valence-electron chi connectivity index (χ0n) is 18.5. The van der Waals surface area contributed by atoms with Gasteiger partial charge in [-0.25, -0.2) is 13.6 Å². The summed E-state index contributed by atoms with van der Waals surface area (Å²) in [7, 11) is 0. The van der Waals surface area contributed by atoms with Gasteiger partial charge in [0.05, 0.1) is 33.2 Å². The number of amides is 1. The molecule has 1 amide bonds. The number of hydrogen-bond acceptors (Lipinski definition) is 6. The van der Waals surface area contributed by atoms with Gasteiger partial charge in [0.1, 0.15) is 22.1 Å². The van der Waals surface area contributed by atoms with Gasteiger partial charge in [-0.15, -0.1) is 11.3 Å². The van der Waals surface area contributed by atoms with E-state index in [0.29, 0.717) is 0 Å². The Labute approximate surface area is 216 Å². The topological polar surface area (TPSA) is 117 Å². The van der Waals surface area contributed by atoms with Gasteiger partial charge in [-0.05, 0) is 37.3 Å². The first kappa shape index (κ1) is 25.6. The number of hydrogen-bond donors (Lipinski definition) is 2. The van der Waals surface area contributed by atoms with Crippen molar-refractivity contribution in [3.05, 3.63) is 94.3 Å². The van der Waals surface area contributed by atoms with Crippen molar-refractivity contribution in [2.45, 2.75) is 12.8 Å². The molecule has 2 heterocycles. The van der Waals surface area contributed by atoms with Gasteiger partial charge >= 0.3 is 5.97 Å². The summed E-state index contributed by atoms with van der Waals surface area (Å²) in [4.78, 5) is 39.1. The summed E-state index contributed by atoms with van der Waals surface area (Å²) in [5.74, 6) is -5.46. The van der Waals surface area contributed by atoms with E-state index in [1.54, 1.807) is 0 Å². The molecular weight excluding hydrogens is 535 g/mol. The van der Waals surface area contributed by atoms with Crippen LogP contribution in [0.15, 0.2) is 46.8 Å². The van der Waals surface area contributed by atoms with Crippen LogP contribution in [0.3, 0.4) is 0 Å². The fraction of sp³-hybridized carbons (Fsp3) is 0.125. The van der Waals surface area contributed by atoms with Crippen molar-refractivity contribution in [2.24, 2.45) is 11.5 Å². The summed E-state index contributed by atoms with van der Waals surface area (Å²) in [6.07, 6.45) is 1.19. The molecule has 7 nitrogen and oxygen atoms in total. The van der Waals surface area contributed by atoms with Crippen LogP contribution in [-0.4, -0.2) is 23.1 Å². The molecule has 36 heavy (non-hydrogen) atoms. The lowest BCUT2D eigenvalue weighted by Crippen LogP contribution is -2.42. The minimum atomic E-state index is -1.47. The highest BCUT2D eigenvalue weighted by atomic mass is 35.5. The van der Waals surface area contributed by atoms with Crippen LogP contribution in [0, 0.1) is 11.6 Å². The van der Waals surface area contributed by atoms with Crippen LogP contribution in [0.2, 0.25) is 10.0 Å².